The fourth-order valence-electron chi connectivity index (χ4n) is 2.24. The minimum Gasteiger partial charge on any atom is -0.497 e. The average molecular weight is 263 g/mol. The number of rotatable bonds is 8. The van der Waals surface area contributed by atoms with Crippen LogP contribution in [0.3, 0.4) is 0 Å². The van der Waals surface area contributed by atoms with E-state index in [9.17, 15) is 0 Å². The monoisotopic (exact) mass is 263 g/mol. The minimum atomic E-state index is -0.00495. The van der Waals surface area contributed by atoms with Gasteiger partial charge >= 0.3 is 0 Å². The lowest BCUT2D eigenvalue weighted by Crippen LogP contribution is -2.29. The summed E-state index contributed by atoms with van der Waals surface area (Å²) in [7, 11) is 1.68. The van der Waals surface area contributed by atoms with Crippen LogP contribution in [0.4, 0.5) is 0 Å². The first-order chi connectivity index (χ1) is 9.24. The molecule has 2 unspecified atom stereocenters. The Morgan fingerprint density at radius 1 is 1.26 bits per heavy atom. The second-order valence-electron chi connectivity index (χ2n) is 5.37. The number of benzene rings is 1. The number of methoxy groups -OCH3 is 1. The summed E-state index contributed by atoms with van der Waals surface area (Å²) in [5.41, 5.74) is 7.34. The average Bonchev–Trinajstić information content (AvgIpc) is 3.27. The molecule has 106 valence electrons. The van der Waals surface area contributed by atoms with Gasteiger partial charge in [0.1, 0.15) is 5.75 Å². The van der Waals surface area contributed by atoms with Gasteiger partial charge in [-0.15, -0.1) is 0 Å². The smallest absolute Gasteiger partial charge is 0.118 e. The summed E-state index contributed by atoms with van der Waals surface area (Å²) in [4.78, 5) is 0. The zero-order valence-electron chi connectivity index (χ0n) is 12.0. The lowest BCUT2D eigenvalue weighted by atomic mass is 10.0. The third kappa shape index (κ3) is 4.22. The molecule has 0 radical (unpaired) electrons. The maximum Gasteiger partial charge on any atom is 0.118 e. The second kappa shape index (κ2) is 6.92. The Labute approximate surface area is 116 Å². The summed E-state index contributed by atoms with van der Waals surface area (Å²) in [6.07, 6.45) is 4.82. The van der Waals surface area contributed by atoms with Crippen molar-refractivity contribution in [2.45, 2.75) is 44.8 Å². The molecule has 0 heterocycles. The van der Waals surface area contributed by atoms with Crippen molar-refractivity contribution < 1.29 is 9.47 Å². The molecule has 0 spiro atoms. The van der Waals surface area contributed by atoms with E-state index in [0.717, 1.165) is 30.3 Å². The zero-order valence-corrected chi connectivity index (χ0v) is 12.0. The van der Waals surface area contributed by atoms with Gasteiger partial charge in [-0.1, -0.05) is 31.9 Å². The molecule has 1 aliphatic rings. The molecule has 2 N–H and O–H groups in total. The van der Waals surface area contributed by atoms with E-state index in [4.69, 9.17) is 15.2 Å². The van der Waals surface area contributed by atoms with E-state index >= 15 is 0 Å². The van der Waals surface area contributed by atoms with E-state index in [2.05, 4.69) is 19.1 Å². The first-order valence-corrected chi connectivity index (χ1v) is 7.25. The third-order valence-electron chi connectivity index (χ3n) is 3.83. The van der Waals surface area contributed by atoms with Gasteiger partial charge in [0.15, 0.2) is 0 Å². The number of nitrogens with two attached hydrogens (primary N) is 1. The van der Waals surface area contributed by atoms with Gasteiger partial charge in [0.2, 0.25) is 0 Å². The van der Waals surface area contributed by atoms with Gasteiger partial charge in [0, 0.05) is 12.6 Å². The van der Waals surface area contributed by atoms with Crippen LogP contribution in [0.1, 0.15) is 44.3 Å². The molecular weight excluding hydrogens is 238 g/mol. The SMILES string of the molecule is CCC(N)C(OCCC1CC1)c1ccc(OC)cc1. The fourth-order valence-corrected chi connectivity index (χ4v) is 2.24. The molecule has 1 aromatic carbocycles. The standard InChI is InChI=1S/C16H25NO2/c1-3-15(17)16(19-11-10-12-4-5-12)13-6-8-14(18-2)9-7-13/h6-9,12,15-16H,3-5,10-11,17H2,1-2H3. The number of hydrogen-bond donors (Lipinski definition) is 1. The predicted octanol–water partition coefficient (Wildman–Crippen LogP) is 3.29. The Hall–Kier alpha value is -1.06. The Balaban J connectivity index is 1.97. The van der Waals surface area contributed by atoms with E-state index in [1.165, 1.54) is 19.3 Å². The largest absolute Gasteiger partial charge is 0.497 e. The molecule has 3 heteroatoms. The van der Waals surface area contributed by atoms with Gasteiger partial charge in [-0.05, 0) is 36.5 Å². The van der Waals surface area contributed by atoms with E-state index < -0.39 is 0 Å². The molecule has 2 rings (SSSR count). The summed E-state index contributed by atoms with van der Waals surface area (Å²) in [6, 6.07) is 8.09. The Kier molecular flexibility index (Phi) is 5.23. The van der Waals surface area contributed by atoms with Crippen LogP contribution in [0.15, 0.2) is 24.3 Å². The van der Waals surface area contributed by atoms with Crippen molar-refractivity contribution in [1.82, 2.24) is 0 Å². The molecule has 0 aliphatic heterocycles. The van der Waals surface area contributed by atoms with Crippen molar-refractivity contribution in [3.05, 3.63) is 29.8 Å². The normalized spacial score (nSPS) is 18.1. The molecule has 1 saturated carbocycles. The molecule has 0 amide bonds. The zero-order chi connectivity index (χ0) is 13.7. The highest BCUT2D eigenvalue weighted by Crippen LogP contribution is 2.33. The van der Waals surface area contributed by atoms with Gasteiger partial charge in [0.25, 0.3) is 0 Å². The van der Waals surface area contributed by atoms with Crippen molar-refractivity contribution in [2.75, 3.05) is 13.7 Å². The molecule has 0 aromatic heterocycles. The van der Waals surface area contributed by atoms with Crippen LogP contribution in [-0.2, 0) is 4.74 Å². The molecule has 19 heavy (non-hydrogen) atoms. The van der Waals surface area contributed by atoms with E-state index in [0.29, 0.717) is 0 Å². The van der Waals surface area contributed by atoms with Crippen LogP contribution < -0.4 is 10.5 Å². The second-order valence-corrected chi connectivity index (χ2v) is 5.37. The Bertz CT molecular complexity index is 373. The maximum atomic E-state index is 6.20. The molecule has 2 atom stereocenters. The van der Waals surface area contributed by atoms with E-state index in [-0.39, 0.29) is 12.1 Å². The molecule has 0 bridgehead atoms. The van der Waals surface area contributed by atoms with Crippen molar-refractivity contribution >= 4 is 0 Å². The molecule has 0 saturated heterocycles. The first-order valence-electron chi connectivity index (χ1n) is 7.25. The van der Waals surface area contributed by atoms with Crippen LogP contribution in [0.25, 0.3) is 0 Å². The van der Waals surface area contributed by atoms with Gasteiger partial charge in [-0.3, -0.25) is 0 Å². The minimum absolute atomic E-state index is 0.00495. The highest BCUT2D eigenvalue weighted by Gasteiger charge is 2.23. The van der Waals surface area contributed by atoms with E-state index in [1.807, 2.05) is 12.1 Å². The summed E-state index contributed by atoms with van der Waals surface area (Å²) in [5.74, 6) is 1.76. The molecule has 1 aromatic rings. The summed E-state index contributed by atoms with van der Waals surface area (Å²) >= 11 is 0. The number of ether oxygens (including phenoxy) is 2. The van der Waals surface area contributed by atoms with Crippen molar-refractivity contribution in [3.63, 3.8) is 0 Å². The summed E-state index contributed by atoms with van der Waals surface area (Å²) in [5, 5.41) is 0. The maximum absolute atomic E-state index is 6.20. The van der Waals surface area contributed by atoms with Crippen LogP contribution >= 0.6 is 0 Å². The molecule has 1 fully saturated rings. The Morgan fingerprint density at radius 2 is 1.95 bits per heavy atom. The highest BCUT2D eigenvalue weighted by molar-refractivity contribution is 5.29. The third-order valence-corrected chi connectivity index (χ3v) is 3.83. The van der Waals surface area contributed by atoms with Crippen LogP contribution in [-0.4, -0.2) is 19.8 Å². The van der Waals surface area contributed by atoms with E-state index in [1.54, 1.807) is 7.11 Å². The molecule has 1 aliphatic carbocycles. The topological polar surface area (TPSA) is 44.5 Å². The molecule has 3 nitrogen and oxygen atoms in total. The molecular formula is C16H25NO2. The summed E-state index contributed by atoms with van der Waals surface area (Å²) < 4.78 is 11.2. The van der Waals surface area contributed by atoms with Crippen LogP contribution in [0.5, 0.6) is 5.75 Å². The quantitative estimate of drug-likeness (QED) is 0.782. The first kappa shape index (κ1) is 14.4. The van der Waals surface area contributed by atoms with Gasteiger partial charge in [0.05, 0.1) is 13.2 Å². The van der Waals surface area contributed by atoms with Gasteiger partial charge < -0.3 is 15.2 Å². The lowest BCUT2D eigenvalue weighted by Gasteiger charge is -2.24. The number of hydrogen-bond acceptors (Lipinski definition) is 3. The van der Waals surface area contributed by atoms with Crippen molar-refractivity contribution in [1.29, 1.82) is 0 Å². The fraction of sp³-hybridized carbons (Fsp3) is 0.625. The predicted molar refractivity (Wildman–Crippen MR) is 77.3 cm³/mol. The Morgan fingerprint density at radius 3 is 2.47 bits per heavy atom. The van der Waals surface area contributed by atoms with Gasteiger partial charge in [-0.2, -0.15) is 0 Å². The van der Waals surface area contributed by atoms with Crippen molar-refractivity contribution in [3.8, 4) is 5.75 Å². The van der Waals surface area contributed by atoms with Crippen molar-refractivity contribution in [2.24, 2.45) is 11.7 Å². The highest BCUT2D eigenvalue weighted by atomic mass is 16.5. The van der Waals surface area contributed by atoms with Gasteiger partial charge in [-0.25, -0.2) is 0 Å². The van der Waals surface area contributed by atoms with Crippen LogP contribution in [0.2, 0.25) is 0 Å². The summed E-state index contributed by atoms with van der Waals surface area (Å²) in [6.45, 7) is 2.92. The van der Waals surface area contributed by atoms with Crippen LogP contribution in [0, 0.1) is 5.92 Å². The lowest BCUT2D eigenvalue weighted by molar-refractivity contribution is 0.0299.